The summed E-state index contributed by atoms with van der Waals surface area (Å²) in [5.74, 6) is 0. The summed E-state index contributed by atoms with van der Waals surface area (Å²) in [6, 6.07) is 0.614. The number of nitrogens with one attached hydrogen (secondary N) is 1. The summed E-state index contributed by atoms with van der Waals surface area (Å²) in [5, 5.41) is 6.83. The molecule has 0 aliphatic rings. The first-order valence-electron chi connectivity index (χ1n) is 6.70. The van der Waals surface area contributed by atoms with Crippen molar-refractivity contribution in [1.29, 1.82) is 0 Å². The standard InChI is InChI=1S/C14H27N3S/c1-7-11(2)17(6)9-12-10-18-13(16-12)8-15-14(3,4)5/h10-11,15H,7-9H2,1-6H3. The molecule has 104 valence electrons. The minimum absolute atomic E-state index is 0.152. The molecular weight excluding hydrogens is 242 g/mol. The van der Waals surface area contributed by atoms with Crippen molar-refractivity contribution in [1.82, 2.24) is 15.2 Å². The highest BCUT2D eigenvalue weighted by atomic mass is 32.1. The maximum atomic E-state index is 4.68. The number of nitrogens with zero attached hydrogens (tertiary/aromatic N) is 2. The highest BCUT2D eigenvalue weighted by Gasteiger charge is 2.12. The molecule has 1 heterocycles. The van der Waals surface area contributed by atoms with Crippen molar-refractivity contribution in [3.8, 4) is 0 Å². The summed E-state index contributed by atoms with van der Waals surface area (Å²) >= 11 is 1.75. The maximum Gasteiger partial charge on any atom is 0.107 e. The lowest BCUT2D eigenvalue weighted by atomic mass is 10.1. The van der Waals surface area contributed by atoms with Crippen LogP contribution in [0.15, 0.2) is 5.38 Å². The van der Waals surface area contributed by atoms with E-state index >= 15 is 0 Å². The second-order valence-electron chi connectivity index (χ2n) is 6.01. The van der Waals surface area contributed by atoms with Crippen molar-refractivity contribution in [3.63, 3.8) is 0 Å². The first-order valence-corrected chi connectivity index (χ1v) is 7.58. The molecule has 0 saturated carbocycles. The molecule has 3 nitrogen and oxygen atoms in total. The molecule has 0 radical (unpaired) electrons. The zero-order valence-corrected chi connectivity index (χ0v) is 13.4. The van der Waals surface area contributed by atoms with E-state index in [0.29, 0.717) is 6.04 Å². The van der Waals surface area contributed by atoms with Crippen LogP contribution in [-0.2, 0) is 13.1 Å². The lowest BCUT2D eigenvalue weighted by molar-refractivity contribution is 0.241. The molecule has 1 rings (SSSR count). The molecule has 0 aliphatic heterocycles. The second kappa shape index (κ2) is 6.64. The van der Waals surface area contributed by atoms with Gasteiger partial charge in [0, 0.05) is 30.1 Å². The molecule has 1 aromatic heterocycles. The molecule has 0 saturated heterocycles. The van der Waals surface area contributed by atoms with Crippen LogP contribution in [0.1, 0.15) is 51.7 Å². The molecule has 1 aromatic rings. The van der Waals surface area contributed by atoms with Crippen LogP contribution in [0, 0.1) is 0 Å². The third-order valence-electron chi connectivity index (χ3n) is 3.12. The third-order valence-corrected chi connectivity index (χ3v) is 4.02. The van der Waals surface area contributed by atoms with Crippen molar-refractivity contribution in [2.45, 2.75) is 65.7 Å². The van der Waals surface area contributed by atoms with Crippen LogP contribution in [0.3, 0.4) is 0 Å². The molecule has 1 unspecified atom stereocenters. The minimum atomic E-state index is 0.152. The molecule has 0 amide bonds. The van der Waals surface area contributed by atoms with Crippen LogP contribution < -0.4 is 5.32 Å². The van der Waals surface area contributed by atoms with Crippen molar-refractivity contribution >= 4 is 11.3 Å². The first kappa shape index (κ1) is 15.6. The monoisotopic (exact) mass is 269 g/mol. The van der Waals surface area contributed by atoms with E-state index < -0.39 is 0 Å². The average Bonchev–Trinajstić information content (AvgIpc) is 2.72. The van der Waals surface area contributed by atoms with E-state index in [1.165, 1.54) is 17.1 Å². The van der Waals surface area contributed by atoms with Gasteiger partial charge in [0.1, 0.15) is 5.01 Å². The molecule has 1 atom stereocenters. The van der Waals surface area contributed by atoms with E-state index in [2.05, 4.69) is 62.2 Å². The van der Waals surface area contributed by atoms with Gasteiger partial charge in [0.2, 0.25) is 0 Å². The van der Waals surface area contributed by atoms with Crippen molar-refractivity contribution in [3.05, 3.63) is 16.1 Å². The highest BCUT2D eigenvalue weighted by Crippen LogP contribution is 2.14. The fourth-order valence-electron chi connectivity index (χ4n) is 1.57. The van der Waals surface area contributed by atoms with Crippen LogP contribution in [0.2, 0.25) is 0 Å². The fraction of sp³-hybridized carbons (Fsp3) is 0.786. The van der Waals surface area contributed by atoms with E-state index in [1.54, 1.807) is 11.3 Å². The van der Waals surface area contributed by atoms with Crippen molar-refractivity contribution < 1.29 is 0 Å². The zero-order chi connectivity index (χ0) is 13.8. The largest absolute Gasteiger partial charge is 0.306 e. The molecule has 0 aliphatic carbocycles. The Morgan fingerprint density at radius 1 is 1.44 bits per heavy atom. The van der Waals surface area contributed by atoms with Gasteiger partial charge in [-0.1, -0.05) is 6.92 Å². The number of hydrogen-bond acceptors (Lipinski definition) is 4. The minimum Gasteiger partial charge on any atom is -0.306 e. The van der Waals surface area contributed by atoms with E-state index in [1.807, 2.05) is 0 Å². The van der Waals surface area contributed by atoms with E-state index in [0.717, 1.165) is 13.1 Å². The Balaban J connectivity index is 2.48. The van der Waals surface area contributed by atoms with Gasteiger partial charge in [-0.2, -0.15) is 0 Å². The molecule has 0 fully saturated rings. The van der Waals surface area contributed by atoms with Crippen molar-refractivity contribution in [2.24, 2.45) is 0 Å². The molecule has 0 aromatic carbocycles. The van der Waals surface area contributed by atoms with E-state index in [9.17, 15) is 0 Å². The van der Waals surface area contributed by atoms with Gasteiger partial charge in [0.05, 0.1) is 5.69 Å². The smallest absolute Gasteiger partial charge is 0.107 e. The summed E-state index contributed by atoms with van der Waals surface area (Å²) < 4.78 is 0. The molecule has 1 N–H and O–H groups in total. The topological polar surface area (TPSA) is 28.2 Å². The Labute approximate surface area is 116 Å². The number of aromatic nitrogens is 1. The van der Waals surface area contributed by atoms with Gasteiger partial charge < -0.3 is 5.32 Å². The summed E-state index contributed by atoms with van der Waals surface area (Å²) in [5.41, 5.74) is 1.34. The predicted octanol–water partition coefficient (Wildman–Crippen LogP) is 3.26. The Kier molecular flexibility index (Phi) is 5.76. The van der Waals surface area contributed by atoms with Crippen LogP contribution >= 0.6 is 11.3 Å². The van der Waals surface area contributed by atoms with Crippen LogP contribution in [0.5, 0.6) is 0 Å². The molecule has 18 heavy (non-hydrogen) atoms. The van der Waals surface area contributed by atoms with Gasteiger partial charge in [-0.3, -0.25) is 4.90 Å². The lowest BCUT2D eigenvalue weighted by Crippen LogP contribution is -2.35. The Bertz CT molecular complexity index is 354. The lowest BCUT2D eigenvalue weighted by Gasteiger charge is -2.22. The van der Waals surface area contributed by atoms with Crippen LogP contribution in [0.4, 0.5) is 0 Å². The number of thiazole rings is 1. The van der Waals surface area contributed by atoms with Gasteiger partial charge in [-0.25, -0.2) is 4.98 Å². The zero-order valence-electron chi connectivity index (χ0n) is 12.6. The molecular formula is C14H27N3S. The first-order chi connectivity index (χ1) is 8.31. The summed E-state index contributed by atoms with van der Waals surface area (Å²) in [6.07, 6.45) is 1.18. The summed E-state index contributed by atoms with van der Waals surface area (Å²) in [6.45, 7) is 12.8. The fourth-order valence-corrected chi connectivity index (χ4v) is 2.29. The van der Waals surface area contributed by atoms with Gasteiger partial charge in [0.25, 0.3) is 0 Å². The summed E-state index contributed by atoms with van der Waals surface area (Å²) in [4.78, 5) is 7.04. The molecule has 0 bridgehead atoms. The summed E-state index contributed by atoms with van der Waals surface area (Å²) in [7, 11) is 2.17. The number of rotatable bonds is 6. The van der Waals surface area contributed by atoms with Gasteiger partial charge >= 0.3 is 0 Å². The van der Waals surface area contributed by atoms with Crippen molar-refractivity contribution in [2.75, 3.05) is 7.05 Å². The average molecular weight is 269 g/mol. The maximum absolute atomic E-state index is 4.68. The van der Waals surface area contributed by atoms with Gasteiger partial charge in [0.15, 0.2) is 0 Å². The van der Waals surface area contributed by atoms with Gasteiger partial charge in [-0.15, -0.1) is 11.3 Å². The Morgan fingerprint density at radius 2 is 2.11 bits per heavy atom. The van der Waals surface area contributed by atoms with E-state index in [-0.39, 0.29) is 5.54 Å². The van der Waals surface area contributed by atoms with Crippen LogP contribution in [0.25, 0.3) is 0 Å². The second-order valence-corrected chi connectivity index (χ2v) is 6.95. The SMILES string of the molecule is CCC(C)N(C)Cc1csc(CNC(C)(C)C)n1. The number of hydrogen-bond donors (Lipinski definition) is 1. The van der Waals surface area contributed by atoms with E-state index in [4.69, 9.17) is 0 Å². The molecule has 0 spiro atoms. The quantitative estimate of drug-likeness (QED) is 0.859. The van der Waals surface area contributed by atoms with Crippen LogP contribution in [-0.4, -0.2) is 28.5 Å². The normalized spacial score (nSPS) is 14.2. The predicted molar refractivity (Wildman–Crippen MR) is 79.9 cm³/mol. The Hall–Kier alpha value is -0.450. The highest BCUT2D eigenvalue weighted by molar-refractivity contribution is 7.09. The van der Waals surface area contributed by atoms with Gasteiger partial charge in [-0.05, 0) is 41.2 Å². The molecule has 4 heteroatoms. The Morgan fingerprint density at radius 3 is 2.67 bits per heavy atom. The third kappa shape index (κ3) is 5.46.